The quantitative estimate of drug-likeness (QED) is 0.721. The van der Waals surface area contributed by atoms with Gasteiger partial charge in [0, 0.05) is 24.7 Å². The second-order valence-electron chi connectivity index (χ2n) is 6.60. The maximum Gasteiger partial charge on any atom is 0.282 e. The Morgan fingerprint density at radius 1 is 1.10 bits per heavy atom. The average molecular weight is 438 g/mol. The van der Waals surface area contributed by atoms with Crippen molar-refractivity contribution in [2.45, 2.75) is 19.9 Å². The summed E-state index contributed by atoms with van der Waals surface area (Å²) >= 11 is 6.18. The lowest BCUT2D eigenvalue weighted by Crippen LogP contribution is -2.51. The van der Waals surface area contributed by atoms with Crippen LogP contribution in [0.25, 0.3) is 0 Å². The number of nitrogens with zero attached hydrogens (tertiary/aromatic N) is 2. The molecule has 0 bridgehead atoms. The minimum Gasteiger partial charge on any atom is -0.492 e. The van der Waals surface area contributed by atoms with Gasteiger partial charge in [0.25, 0.3) is 10.2 Å². The topological polar surface area (TPSA) is 79.0 Å². The molecule has 1 aliphatic rings. The van der Waals surface area contributed by atoms with Crippen molar-refractivity contribution in [1.29, 1.82) is 0 Å². The largest absolute Gasteiger partial charge is 0.492 e. The maximum absolute atomic E-state index is 13.0. The van der Waals surface area contributed by atoms with E-state index in [4.69, 9.17) is 16.3 Å². The number of hydrogen-bond acceptors (Lipinski definition) is 4. The molecule has 1 saturated heterocycles. The number of benzene rings is 2. The van der Waals surface area contributed by atoms with Crippen LogP contribution in [0.5, 0.6) is 5.75 Å². The molecular formula is C20H24ClN3O4S. The van der Waals surface area contributed by atoms with Crippen LogP contribution in [0.4, 0.5) is 5.69 Å². The highest BCUT2D eigenvalue weighted by Crippen LogP contribution is 2.25. The molecule has 1 amide bonds. The van der Waals surface area contributed by atoms with Crippen molar-refractivity contribution in [3.8, 4) is 5.75 Å². The van der Waals surface area contributed by atoms with Crippen molar-refractivity contribution in [3.05, 3.63) is 59.1 Å². The average Bonchev–Trinajstić information content (AvgIpc) is 2.68. The normalized spacial score (nSPS) is 17.0. The van der Waals surface area contributed by atoms with Crippen LogP contribution in [0, 0.1) is 0 Å². The van der Waals surface area contributed by atoms with Crippen LogP contribution in [0.3, 0.4) is 0 Å². The summed E-state index contributed by atoms with van der Waals surface area (Å²) in [7, 11) is -3.77. The van der Waals surface area contributed by atoms with Gasteiger partial charge >= 0.3 is 0 Å². The molecule has 0 saturated carbocycles. The van der Waals surface area contributed by atoms with Crippen molar-refractivity contribution in [2.75, 3.05) is 31.6 Å². The Hall–Kier alpha value is -2.13. The van der Waals surface area contributed by atoms with Gasteiger partial charge in [0.1, 0.15) is 5.75 Å². The van der Waals surface area contributed by atoms with Crippen molar-refractivity contribution in [1.82, 2.24) is 8.61 Å². The number of amides is 1. The Morgan fingerprint density at radius 2 is 1.79 bits per heavy atom. The van der Waals surface area contributed by atoms with Gasteiger partial charge in [-0.15, -0.1) is 0 Å². The van der Waals surface area contributed by atoms with E-state index >= 15 is 0 Å². The molecule has 0 atom stereocenters. The Balaban J connectivity index is 1.69. The first-order chi connectivity index (χ1) is 13.9. The van der Waals surface area contributed by atoms with Crippen molar-refractivity contribution in [3.63, 3.8) is 0 Å². The number of anilines is 1. The van der Waals surface area contributed by atoms with E-state index in [1.807, 2.05) is 19.1 Å². The highest BCUT2D eigenvalue weighted by Gasteiger charge is 2.35. The van der Waals surface area contributed by atoms with Crippen LogP contribution < -0.4 is 10.1 Å². The summed E-state index contributed by atoms with van der Waals surface area (Å²) in [6, 6.07) is 14.2. The fraction of sp³-hybridized carbons (Fsp3) is 0.350. The number of nitrogens with one attached hydrogen (secondary N) is 1. The van der Waals surface area contributed by atoms with Crippen LogP contribution in [0.1, 0.15) is 18.9 Å². The summed E-state index contributed by atoms with van der Waals surface area (Å²) in [4.78, 5) is 12.5. The summed E-state index contributed by atoms with van der Waals surface area (Å²) in [6.45, 7) is 2.91. The van der Waals surface area contributed by atoms with E-state index in [0.717, 1.165) is 5.56 Å². The van der Waals surface area contributed by atoms with Gasteiger partial charge in [-0.25, -0.2) is 0 Å². The van der Waals surface area contributed by atoms with Gasteiger partial charge in [-0.05, 0) is 37.1 Å². The van der Waals surface area contributed by atoms with Crippen LogP contribution in [0.2, 0.25) is 5.02 Å². The van der Waals surface area contributed by atoms with Gasteiger partial charge < -0.3 is 10.1 Å². The third kappa shape index (κ3) is 5.27. The molecule has 2 aromatic rings. The zero-order valence-corrected chi connectivity index (χ0v) is 17.7. The second kappa shape index (κ2) is 9.58. The molecule has 0 radical (unpaired) electrons. The Morgan fingerprint density at radius 3 is 2.55 bits per heavy atom. The smallest absolute Gasteiger partial charge is 0.282 e. The molecule has 29 heavy (non-hydrogen) atoms. The van der Waals surface area contributed by atoms with Crippen LogP contribution >= 0.6 is 11.6 Å². The number of halogens is 1. The molecule has 1 fully saturated rings. The summed E-state index contributed by atoms with van der Waals surface area (Å²) in [5.74, 6) is 0.130. The summed E-state index contributed by atoms with van der Waals surface area (Å²) in [5, 5.41) is 3.26. The van der Waals surface area contributed by atoms with Crippen LogP contribution in [-0.2, 0) is 21.5 Å². The molecule has 1 N–H and O–H groups in total. The lowest BCUT2D eigenvalue weighted by molar-refractivity contribution is -0.116. The molecule has 0 aliphatic carbocycles. The predicted molar refractivity (Wildman–Crippen MR) is 113 cm³/mol. The van der Waals surface area contributed by atoms with Crippen LogP contribution in [0.15, 0.2) is 48.5 Å². The van der Waals surface area contributed by atoms with E-state index in [1.54, 1.807) is 36.4 Å². The molecule has 156 valence electrons. The lowest BCUT2D eigenvalue weighted by Gasteiger charge is -2.34. The number of rotatable bonds is 7. The third-order valence-corrected chi connectivity index (χ3v) is 6.85. The fourth-order valence-electron chi connectivity index (χ4n) is 3.16. The molecule has 0 unspecified atom stereocenters. The van der Waals surface area contributed by atoms with Gasteiger partial charge in [0.15, 0.2) is 0 Å². The maximum atomic E-state index is 13.0. The van der Waals surface area contributed by atoms with Gasteiger partial charge in [-0.1, -0.05) is 41.9 Å². The molecule has 2 aromatic carbocycles. The van der Waals surface area contributed by atoms with Gasteiger partial charge in [-0.2, -0.15) is 17.0 Å². The predicted octanol–water partition coefficient (Wildman–Crippen LogP) is 3.13. The van der Waals surface area contributed by atoms with E-state index in [1.165, 1.54) is 8.61 Å². The molecule has 1 heterocycles. The first-order valence-electron chi connectivity index (χ1n) is 9.42. The van der Waals surface area contributed by atoms with E-state index in [-0.39, 0.29) is 13.1 Å². The first kappa shape index (κ1) is 21.6. The first-order valence-corrected chi connectivity index (χ1v) is 11.2. The lowest BCUT2D eigenvalue weighted by atomic mass is 10.2. The summed E-state index contributed by atoms with van der Waals surface area (Å²) in [6.07, 6.45) is 0.631. The molecular weight excluding hydrogens is 414 g/mol. The Labute approximate surface area is 176 Å². The Kier molecular flexibility index (Phi) is 7.13. The fourth-order valence-corrected chi connectivity index (χ4v) is 4.98. The van der Waals surface area contributed by atoms with Gasteiger partial charge in [0.05, 0.1) is 18.8 Å². The minimum atomic E-state index is -3.77. The number of carbonyl (C=O) groups excluding carboxylic acids is 1. The van der Waals surface area contributed by atoms with E-state index in [2.05, 4.69) is 5.32 Å². The summed E-state index contributed by atoms with van der Waals surface area (Å²) < 4.78 is 34.0. The monoisotopic (exact) mass is 437 g/mol. The van der Waals surface area contributed by atoms with Crippen molar-refractivity contribution >= 4 is 33.4 Å². The standard InChI is InChI=1S/C20H24ClN3O4S/c1-2-28-19-11-6-5-10-18(19)22-20(25)15-24-13-7-12-23(29(24,26)27)14-16-8-3-4-9-17(16)21/h3-6,8-11H,2,7,12-15H2,1H3,(H,22,25). The highest BCUT2D eigenvalue weighted by atomic mass is 35.5. The molecule has 3 rings (SSSR count). The minimum absolute atomic E-state index is 0.174. The van der Waals surface area contributed by atoms with E-state index in [0.29, 0.717) is 42.6 Å². The van der Waals surface area contributed by atoms with Crippen molar-refractivity contribution < 1.29 is 17.9 Å². The number of para-hydroxylation sites is 2. The molecule has 1 aliphatic heterocycles. The SMILES string of the molecule is CCOc1ccccc1NC(=O)CN1CCCN(Cc2ccccc2Cl)S1(=O)=O. The zero-order valence-electron chi connectivity index (χ0n) is 16.2. The van der Waals surface area contributed by atoms with Crippen LogP contribution in [-0.4, -0.2) is 49.2 Å². The molecule has 0 aromatic heterocycles. The van der Waals surface area contributed by atoms with Gasteiger partial charge in [-0.3, -0.25) is 4.79 Å². The third-order valence-electron chi connectivity index (χ3n) is 4.55. The highest BCUT2D eigenvalue weighted by molar-refractivity contribution is 7.86. The number of carbonyl (C=O) groups is 1. The number of hydrogen-bond donors (Lipinski definition) is 1. The molecule has 7 nitrogen and oxygen atoms in total. The summed E-state index contributed by atoms with van der Waals surface area (Å²) in [5.41, 5.74) is 1.25. The second-order valence-corrected chi connectivity index (χ2v) is 8.93. The molecule has 0 spiro atoms. The Bertz CT molecular complexity index is 968. The van der Waals surface area contributed by atoms with E-state index in [9.17, 15) is 13.2 Å². The zero-order chi connectivity index (χ0) is 20.9. The van der Waals surface area contributed by atoms with Gasteiger partial charge in [0.2, 0.25) is 5.91 Å². The molecule has 9 heteroatoms. The van der Waals surface area contributed by atoms with Crippen molar-refractivity contribution in [2.24, 2.45) is 0 Å². The number of ether oxygens (including phenoxy) is 1. The van der Waals surface area contributed by atoms with E-state index < -0.39 is 16.1 Å².